The van der Waals surface area contributed by atoms with Gasteiger partial charge in [-0.25, -0.2) is 0 Å². The minimum atomic E-state index is 0.962. The van der Waals surface area contributed by atoms with Gasteiger partial charge in [0, 0.05) is 18.9 Å². The molecule has 0 saturated carbocycles. The van der Waals surface area contributed by atoms with Crippen molar-refractivity contribution in [3.63, 3.8) is 0 Å². The molecule has 1 rings (SSSR count). The smallest absolute Gasteiger partial charge is 0.0380 e. The van der Waals surface area contributed by atoms with E-state index in [2.05, 4.69) is 16.9 Å². The van der Waals surface area contributed by atoms with Gasteiger partial charge >= 0.3 is 0 Å². The van der Waals surface area contributed by atoms with E-state index in [1.54, 1.807) is 0 Å². The molecule has 0 aliphatic carbocycles. The Bertz CT molecular complexity index is 305. The molecule has 0 fully saturated rings. The van der Waals surface area contributed by atoms with Gasteiger partial charge in [0.05, 0.1) is 0 Å². The van der Waals surface area contributed by atoms with Crippen LogP contribution in [0.15, 0.2) is 48.8 Å². The number of H-pyrrole nitrogens is 1. The number of hydrogen-bond acceptors (Lipinski definition) is 1. The molecule has 1 aromatic heterocycles. The molecule has 0 aliphatic rings. The van der Waals surface area contributed by atoms with E-state index in [0.29, 0.717) is 0 Å². The third-order valence-electron chi connectivity index (χ3n) is 1.56. The molecular formula is C11H14N2. The fraction of sp³-hybridized carbons (Fsp3) is 0.0909. The van der Waals surface area contributed by atoms with Gasteiger partial charge in [-0.2, -0.15) is 0 Å². The van der Waals surface area contributed by atoms with Crippen LogP contribution in [0.4, 0.5) is 0 Å². The van der Waals surface area contributed by atoms with Crippen LogP contribution in [0.1, 0.15) is 5.69 Å². The molecule has 0 radical (unpaired) electrons. The van der Waals surface area contributed by atoms with Crippen LogP contribution in [0.25, 0.3) is 6.08 Å². The molecule has 0 saturated heterocycles. The van der Waals surface area contributed by atoms with Gasteiger partial charge in [-0.15, -0.1) is 0 Å². The SMILES string of the molecule is C=C(/C=C\NC)/C=C/c1ccc[nH]1. The van der Waals surface area contributed by atoms with Crippen molar-refractivity contribution in [1.82, 2.24) is 10.3 Å². The molecule has 0 spiro atoms. The number of aromatic nitrogens is 1. The average molecular weight is 174 g/mol. The molecule has 2 N–H and O–H groups in total. The molecule has 0 aliphatic heterocycles. The van der Waals surface area contributed by atoms with E-state index < -0.39 is 0 Å². The molecule has 0 aromatic carbocycles. The summed E-state index contributed by atoms with van der Waals surface area (Å²) in [6, 6.07) is 3.97. The van der Waals surface area contributed by atoms with Crippen molar-refractivity contribution >= 4 is 6.08 Å². The molecular weight excluding hydrogens is 160 g/mol. The molecule has 0 amide bonds. The second kappa shape index (κ2) is 5.04. The van der Waals surface area contributed by atoms with Gasteiger partial charge in [0.15, 0.2) is 0 Å². The Balaban J connectivity index is 2.49. The summed E-state index contributed by atoms with van der Waals surface area (Å²) in [6.45, 7) is 3.86. The molecule has 1 aromatic rings. The summed E-state index contributed by atoms with van der Waals surface area (Å²) in [5, 5.41) is 2.91. The highest BCUT2D eigenvalue weighted by atomic mass is 14.8. The Morgan fingerprint density at radius 1 is 1.54 bits per heavy atom. The highest BCUT2D eigenvalue weighted by molar-refractivity contribution is 5.50. The number of rotatable bonds is 4. The first kappa shape index (κ1) is 9.39. The predicted molar refractivity (Wildman–Crippen MR) is 57.2 cm³/mol. The van der Waals surface area contributed by atoms with Crippen LogP contribution in [0, 0.1) is 0 Å². The van der Waals surface area contributed by atoms with Gasteiger partial charge in [-0.1, -0.05) is 12.7 Å². The minimum Gasteiger partial charge on any atom is -0.394 e. The average Bonchev–Trinajstić information content (AvgIpc) is 2.64. The molecule has 2 nitrogen and oxygen atoms in total. The molecule has 2 heteroatoms. The van der Waals surface area contributed by atoms with Crippen molar-refractivity contribution < 1.29 is 0 Å². The van der Waals surface area contributed by atoms with Crippen molar-refractivity contribution in [3.8, 4) is 0 Å². The fourth-order valence-electron chi connectivity index (χ4n) is 0.891. The highest BCUT2D eigenvalue weighted by Gasteiger charge is 1.83. The maximum Gasteiger partial charge on any atom is 0.0380 e. The molecule has 13 heavy (non-hydrogen) atoms. The summed E-state index contributed by atoms with van der Waals surface area (Å²) in [5.41, 5.74) is 2.04. The van der Waals surface area contributed by atoms with Crippen molar-refractivity contribution in [2.45, 2.75) is 0 Å². The summed E-state index contributed by atoms with van der Waals surface area (Å²) < 4.78 is 0. The second-order valence-electron chi connectivity index (χ2n) is 2.66. The van der Waals surface area contributed by atoms with Gasteiger partial charge in [0.25, 0.3) is 0 Å². The van der Waals surface area contributed by atoms with Crippen molar-refractivity contribution in [3.05, 3.63) is 54.5 Å². The lowest BCUT2D eigenvalue weighted by molar-refractivity contribution is 1.10. The maximum absolute atomic E-state index is 3.86. The Hall–Kier alpha value is -1.70. The Kier molecular flexibility index (Phi) is 3.64. The van der Waals surface area contributed by atoms with E-state index in [-0.39, 0.29) is 0 Å². The van der Waals surface area contributed by atoms with Crippen LogP contribution in [0.5, 0.6) is 0 Å². The van der Waals surface area contributed by atoms with Gasteiger partial charge < -0.3 is 10.3 Å². The van der Waals surface area contributed by atoms with Crippen LogP contribution in [-0.4, -0.2) is 12.0 Å². The lowest BCUT2D eigenvalue weighted by atomic mass is 10.2. The number of aromatic amines is 1. The third-order valence-corrected chi connectivity index (χ3v) is 1.56. The van der Waals surface area contributed by atoms with Crippen molar-refractivity contribution in [2.75, 3.05) is 7.05 Å². The van der Waals surface area contributed by atoms with E-state index in [9.17, 15) is 0 Å². The van der Waals surface area contributed by atoms with Gasteiger partial charge in [0.2, 0.25) is 0 Å². The molecule has 68 valence electrons. The standard InChI is InChI=1S/C11H14N2/c1-10(7-9-12-2)5-6-11-4-3-8-13-11/h3-9,12-13H,1H2,2H3/b6-5+,9-7-. The first-order valence-electron chi connectivity index (χ1n) is 4.17. The topological polar surface area (TPSA) is 27.8 Å². The zero-order valence-corrected chi connectivity index (χ0v) is 7.75. The Labute approximate surface area is 78.7 Å². The van der Waals surface area contributed by atoms with Crippen LogP contribution in [0.3, 0.4) is 0 Å². The Morgan fingerprint density at radius 2 is 2.38 bits per heavy atom. The summed E-state index contributed by atoms with van der Waals surface area (Å²) in [6.07, 6.45) is 9.61. The summed E-state index contributed by atoms with van der Waals surface area (Å²) >= 11 is 0. The van der Waals surface area contributed by atoms with Crippen LogP contribution in [-0.2, 0) is 0 Å². The first-order valence-corrected chi connectivity index (χ1v) is 4.17. The van der Waals surface area contributed by atoms with E-state index in [1.165, 1.54) is 0 Å². The minimum absolute atomic E-state index is 0.962. The van der Waals surface area contributed by atoms with E-state index in [4.69, 9.17) is 0 Å². The maximum atomic E-state index is 3.86. The summed E-state index contributed by atoms with van der Waals surface area (Å²) in [5.74, 6) is 0. The largest absolute Gasteiger partial charge is 0.394 e. The van der Waals surface area contributed by atoms with Gasteiger partial charge in [0.1, 0.15) is 0 Å². The van der Waals surface area contributed by atoms with Crippen molar-refractivity contribution in [1.29, 1.82) is 0 Å². The molecule has 0 atom stereocenters. The van der Waals surface area contributed by atoms with Crippen molar-refractivity contribution in [2.24, 2.45) is 0 Å². The summed E-state index contributed by atoms with van der Waals surface area (Å²) in [7, 11) is 1.86. The van der Waals surface area contributed by atoms with E-state index in [0.717, 1.165) is 11.3 Å². The third kappa shape index (κ3) is 3.47. The fourth-order valence-corrected chi connectivity index (χ4v) is 0.891. The lowest BCUT2D eigenvalue weighted by Crippen LogP contribution is -1.90. The normalized spacial score (nSPS) is 11.2. The number of allylic oxidation sites excluding steroid dienone is 3. The van der Waals surface area contributed by atoms with Gasteiger partial charge in [-0.3, -0.25) is 0 Å². The predicted octanol–water partition coefficient (Wildman–Crippen LogP) is 2.32. The zero-order valence-electron chi connectivity index (χ0n) is 7.75. The van der Waals surface area contributed by atoms with E-state index in [1.807, 2.05) is 49.8 Å². The number of nitrogens with one attached hydrogen (secondary N) is 2. The van der Waals surface area contributed by atoms with Crippen LogP contribution in [0.2, 0.25) is 0 Å². The van der Waals surface area contributed by atoms with Gasteiger partial charge in [-0.05, 0) is 36.1 Å². The molecule has 0 unspecified atom stereocenters. The quantitative estimate of drug-likeness (QED) is 0.673. The highest BCUT2D eigenvalue weighted by Crippen LogP contribution is 2.01. The lowest BCUT2D eigenvalue weighted by Gasteiger charge is -1.89. The first-order chi connectivity index (χ1) is 6.33. The monoisotopic (exact) mass is 174 g/mol. The Morgan fingerprint density at radius 3 is 3.00 bits per heavy atom. The van der Waals surface area contributed by atoms with Crippen LogP contribution < -0.4 is 5.32 Å². The number of hydrogen-bond donors (Lipinski definition) is 2. The van der Waals surface area contributed by atoms with E-state index >= 15 is 0 Å². The summed E-state index contributed by atoms with van der Waals surface area (Å²) in [4.78, 5) is 3.08. The molecule has 1 heterocycles. The molecule has 0 bridgehead atoms. The second-order valence-corrected chi connectivity index (χ2v) is 2.66. The van der Waals surface area contributed by atoms with Crippen LogP contribution >= 0.6 is 0 Å². The zero-order chi connectivity index (χ0) is 9.52.